The van der Waals surface area contributed by atoms with Crippen LogP contribution in [0.2, 0.25) is 0 Å². The predicted molar refractivity (Wildman–Crippen MR) is 115 cm³/mol. The molecule has 0 spiro atoms. The van der Waals surface area contributed by atoms with Gasteiger partial charge in [0.2, 0.25) is 11.8 Å². The van der Waals surface area contributed by atoms with Gasteiger partial charge < -0.3 is 25.2 Å². The molecule has 2 amide bonds. The van der Waals surface area contributed by atoms with Crippen LogP contribution in [0.15, 0.2) is 30.5 Å². The van der Waals surface area contributed by atoms with Gasteiger partial charge in [-0.3, -0.25) is 9.59 Å². The minimum absolute atomic E-state index is 0.0784. The summed E-state index contributed by atoms with van der Waals surface area (Å²) in [5, 5.41) is 30.2. The fourth-order valence-electron chi connectivity index (χ4n) is 3.91. The Morgan fingerprint density at radius 1 is 1.34 bits per heavy atom. The molecule has 0 saturated carbocycles. The van der Waals surface area contributed by atoms with Crippen molar-refractivity contribution >= 4 is 11.8 Å². The highest BCUT2D eigenvalue weighted by Crippen LogP contribution is 2.34. The summed E-state index contributed by atoms with van der Waals surface area (Å²) in [5.74, 6) is -0.00923. The number of ether oxygens (including phenoxy) is 1. The Morgan fingerprint density at radius 2 is 2.09 bits per heavy atom. The number of aliphatic hydroxyl groups excluding tert-OH is 2. The number of hydrogen-bond acceptors (Lipinski definition) is 7. The Kier molecular flexibility index (Phi) is 7.15. The Balaban J connectivity index is 1.79. The second-order valence-electron chi connectivity index (χ2n) is 9.06. The predicted octanol–water partition coefficient (Wildman–Crippen LogP) is 0.644. The average molecular weight is 446 g/mol. The summed E-state index contributed by atoms with van der Waals surface area (Å²) in [6, 6.07) is 5.66. The van der Waals surface area contributed by atoms with Crippen LogP contribution < -0.4 is 10.1 Å². The van der Waals surface area contributed by atoms with Crippen molar-refractivity contribution in [3.8, 4) is 5.75 Å². The molecule has 10 nitrogen and oxygen atoms in total. The molecule has 1 aliphatic heterocycles. The van der Waals surface area contributed by atoms with Gasteiger partial charge in [0.1, 0.15) is 30.1 Å². The fraction of sp³-hybridized carbons (Fsp3) is 0.545. The van der Waals surface area contributed by atoms with Gasteiger partial charge in [0, 0.05) is 20.0 Å². The molecule has 1 aliphatic rings. The third-order valence-corrected chi connectivity index (χ3v) is 5.46. The topological polar surface area (TPSA) is 130 Å². The molecule has 3 atom stereocenters. The van der Waals surface area contributed by atoms with Crippen molar-refractivity contribution in [1.29, 1.82) is 0 Å². The molecule has 174 valence electrons. The van der Waals surface area contributed by atoms with Crippen molar-refractivity contribution in [2.24, 2.45) is 5.41 Å². The van der Waals surface area contributed by atoms with Crippen LogP contribution in [0.3, 0.4) is 0 Å². The first-order valence-corrected chi connectivity index (χ1v) is 10.6. The number of carbonyl (C=O) groups is 2. The molecule has 2 heterocycles. The van der Waals surface area contributed by atoms with Crippen molar-refractivity contribution in [3.63, 3.8) is 0 Å². The monoisotopic (exact) mass is 445 g/mol. The van der Waals surface area contributed by atoms with E-state index in [4.69, 9.17) is 4.74 Å². The summed E-state index contributed by atoms with van der Waals surface area (Å²) < 4.78 is 7.24. The quantitative estimate of drug-likeness (QED) is 0.570. The van der Waals surface area contributed by atoms with E-state index in [2.05, 4.69) is 15.6 Å². The first-order valence-electron chi connectivity index (χ1n) is 10.6. The minimum atomic E-state index is -0.753. The molecule has 1 aromatic carbocycles. The number of aliphatic hydroxyl groups is 2. The van der Waals surface area contributed by atoms with Crippen LogP contribution in [0.25, 0.3) is 0 Å². The lowest BCUT2D eigenvalue weighted by Gasteiger charge is -2.34. The van der Waals surface area contributed by atoms with Crippen LogP contribution in [0.1, 0.15) is 44.5 Å². The van der Waals surface area contributed by atoms with Gasteiger partial charge in [-0.2, -0.15) is 0 Å². The highest BCUT2D eigenvalue weighted by molar-refractivity contribution is 5.90. The van der Waals surface area contributed by atoms with Crippen molar-refractivity contribution in [2.45, 2.75) is 58.6 Å². The molecule has 0 bridgehead atoms. The van der Waals surface area contributed by atoms with E-state index in [9.17, 15) is 19.8 Å². The third-order valence-electron chi connectivity index (χ3n) is 5.46. The van der Waals surface area contributed by atoms with Crippen LogP contribution in [-0.2, 0) is 22.8 Å². The molecule has 3 N–H and O–H groups in total. The normalized spacial score (nSPS) is 19.6. The average Bonchev–Trinajstić information content (AvgIpc) is 3.37. The van der Waals surface area contributed by atoms with Crippen LogP contribution in [0.4, 0.5) is 0 Å². The van der Waals surface area contributed by atoms with Gasteiger partial charge in [0.15, 0.2) is 0 Å². The first-order chi connectivity index (χ1) is 15.1. The number of likely N-dealkylation sites (tertiary alicyclic amines) is 1. The molecular weight excluding hydrogens is 414 g/mol. The number of hydrogen-bond donors (Lipinski definition) is 3. The molecular formula is C22H31N5O5. The number of aromatic nitrogens is 3. The Labute approximate surface area is 187 Å². The van der Waals surface area contributed by atoms with E-state index in [1.807, 2.05) is 20.8 Å². The van der Waals surface area contributed by atoms with E-state index in [0.717, 1.165) is 5.56 Å². The van der Waals surface area contributed by atoms with Gasteiger partial charge in [0.25, 0.3) is 0 Å². The van der Waals surface area contributed by atoms with E-state index in [0.29, 0.717) is 11.4 Å². The van der Waals surface area contributed by atoms with E-state index in [1.165, 1.54) is 16.6 Å². The fourth-order valence-corrected chi connectivity index (χ4v) is 3.91. The third kappa shape index (κ3) is 5.25. The lowest BCUT2D eigenvalue weighted by molar-refractivity contribution is -0.144. The van der Waals surface area contributed by atoms with E-state index in [-0.39, 0.29) is 38.0 Å². The molecule has 2 aromatic rings. The zero-order chi connectivity index (χ0) is 23.5. The summed E-state index contributed by atoms with van der Waals surface area (Å²) in [6.07, 6.45) is 1.10. The van der Waals surface area contributed by atoms with Crippen LogP contribution in [0.5, 0.6) is 5.75 Å². The van der Waals surface area contributed by atoms with Crippen LogP contribution in [0, 0.1) is 5.41 Å². The SMILES string of the molecule is CNC(=O)C1CC(O)CN1C(=O)[C@@H](n1cc(COc2cccc(CO)c2)nn1)C(C)(C)C. The zero-order valence-corrected chi connectivity index (χ0v) is 18.9. The standard InChI is InChI=1S/C22H31N5O5/c1-22(2,3)19(21(31)26-11-16(29)9-18(26)20(30)23-4)27-10-15(24-25-27)13-32-17-7-5-6-14(8-17)12-28/h5-8,10,16,18-19,28-29H,9,11-13H2,1-4H3,(H,23,30)/t16?,18?,19-/m1/s1. The molecule has 10 heteroatoms. The molecule has 1 fully saturated rings. The molecule has 2 unspecified atom stereocenters. The second-order valence-corrected chi connectivity index (χ2v) is 9.06. The lowest BCUT2D eigenvalue weighted by atomic mass is 9.85. The molecule has 3 rings (SSSR count). The Morgan fingerprint density at radius 3 is 2.75 bits per heavy atom. The van der Waals surface area contributed by atoms with Gasteiger partial charge in [0.05, 0.1) is 18.9 Å². The number of amides is 2. The van der Waals surface area contributed by atoms with Gasteiger partial charge in [-0.15, -0.1) is 5.10 Å². The molecule has 1 saturated heterocycles. The largest absolute Gasteiger partial charge is 0.487 e. The summed E-state index contributed by atoms with van der Waals surface area (Å²) in [5.41, 5.74) is 0.743. The molecule has 32 heavy (non-hydrogen) atoms. The van der Waals surface area contributed by atoms with Crippen LogP contribution >= 0.6 is 0 Å². The van der Waals surface area contributed by atoms with Crippen molar-refractivity contribution in [2.75, 3.05) is 13.6 Å². The Hall–Kier alpha value is -2.98. The van der Waals surface area contributed by atoms with E-state index in [1.54, 1.807) is 30.5 Å². The smallest absolute Gasteiger partial charge is 0.248 e. The number of carbonyl (C=O) groups excluding carboxylic acids is 2. The summed E-state index contributed by atoms with van der Waals surface area (Å²) in [4.78, 5) is 27.2. The van der Waals surface area contributed by atoms with Crippen molar-refractivity contribution < 1.29 is 24.5 Å². The summed E-state index contributed by atoms with van der Waals surface area (Å²) >= 11 is 0. The number of likely N-dealkylation sites (N-methyl/N-ethyl adjacent to an activating group) is 1. The van der Waals surface area contributed by atoms with Gasteiger partial charge in [-0.1, -0.05) is 38.1 Å². The molecule has 0 radical (unpaired) electrons. The number of nitrogens with one attached hydrogen (secondary N) is 1. The number of nitrogens with zero attached hydrogens (tertiary/aromatic N) is 4. The van der Waals surface area contributed by atoms with Crippen molar-refractivity contribution in [1.82, 2.24) is 25.2 Å². The van der Waals surface area contributed by atoms with Gasteiger partial charge >= 0.3 is 0 Å². The Bertz CT molecular complexity index is 954. The van der Waals surface area contributed by atoms with Crippen LogP contribution in [-0.4, -0.2) is 67.7 Å². The second kappa shape index (κ2) is 9.66. The highest BCUT2D eigenvalue weighted by atomic mass is 16.5. The minimum Gasteiger partial charge on any atom is -0.487 e. The number of rotatable bonds is 7. The van der Waals surface area contributed by atoms with E-state index >= 15 is 0 Å². The van der Waals surface area contributed by atoms with Gasteiger partial charge in [-0.05, 0) is 23.1 Å². The van der Waals surface area contributed by atoms with Crippen molar-refractivity contribution in [3.05, 3.63) is 41.7 Å². The highest BCUT2D eigenvalue weighted by Gasteiger charge is 2.44. The maximum Gasteiger partial charge on any atom is 0.248 e. The summed E-state index contributed by atoms with van der Waals surface area (Å²) in [6.45, 7) is 5.89. The van der Waals surface area contributed by atoms with E-state index < -0.39 is 23.6 Å². The zero-order valence-electron chi connectivity index (χ0n) is 18.9. The molecule has 1 aromatic heterocycles. The molecule has 0 aliphatic carbocycles. The lowest BCUT2D eigenvalue weighted by Crippen LogP contribution is -2.49. The maximum atomic E-state index is 13.5. The van der Waals surface area contributed by atoms with Gasteiger partial charge in [-0.25, -0.2) is 4.68 Å². The first kappa shape index (κ1) is 23.7. The maximum absolute atomic E-state index is 13.5. The number of benzene rings is 1. The number of β-amino-alcohol motifs (C(OH)–C–C–N with tert-alkyl or cyclic N) is 1. The summed E-state index contributed by atoms with van der Waals surface area (Å²) in [7, 11) is 1.51.